The van der Waals surface area contributed by atoms with Gasteiger partial charge in [0.1, 0.15) is 5.82 Å². The van der Waals surface area contributed by atoms with E-state index in [2.05, 4.69) is 0 Å². The molecule has 0 saturated carbocycles. The van der Waals surface area contributed by atoms with Crippen LogP contribution in [0.5, 0.6) is 0 Å². The van der Waals surface area contributed by atoms with Gasteiger partial charge in [-0.3, -0.25) is 0 Å². The zero-order valence-corrected chi connectivity index (χ0v) is 8.11. The van der Waals surface area contributed by atoms with Gasteiger partial charge in [0.25, 0.3) is 0 Å². The molecule has 0 aliphatic rings. The highest BCUT2D eigenvalue weighted by atomic mass is 35.5. The molecule has 0 amide bonds. The van der Waals surface area contributed by atoms with Crippen molar-refractivity contribution in [2.24, 2.45) is 0 Å². The molecule has 0 aromatic heterocycles. The van der Waals surface area contributed by atoms with Gasteiger partial charge < -0.3 is 5.11 Å². The zero-order chi connectivity index (χ0) is 11.6. The maximum absolute atomic E-state index is 13.1. The van der Waals surface area contributed by atoms with Crippen LogP contribution in [0.4, 0.5) is 17.6 Å². The van der Waals surface area contributed by atoms with E-state index in [0.717, 1.165) is 12.1 Å². The first-order chi connectivity index (χ1) is 6.88. The summed E-state index contributed by atoms with van der Waals surface area (Å²) in [5.74, 6) is -1.61. The summed E-state index contributed by atoms with van der Waals surface area (Å²) in [5.41, 5.74) is -2.00. The van der Waals surface area contributed by atoms with Crippen molar-refractivity contribution in [1.29, 1.82) is 0 Å². The Kier molecular flexibility index (Phi) is 3.57. The van der Waals surface area contributed by atoms with E-state index in [0.29, 0.717) is 6.07 Å². The molecule has 0 aliphatic heterocycles. The summed E-state index contributed by atoms with van der Waals surface area (Å²) in [5, 5.41) is 9.18. The van der Waals surface area contributed by atoms with Crippen LogP contribution in [0.2, 0.25) is 0 Å². The van der Waals surface area contributed by atoms with Gasteiger partial charge in [-0.05, 0) is 12.1 Å². The van der Waals surface area contributed by atoms with Crippen molar-refractivity contribution in [3.63, 3.8) is 0 Å². The predicted molar refractivity (Wildman–Crippen MR) is 47.1 cm³/mol. The third-order valence-electron chi connectivity index (χ3n) is 1.84. The molecule has 84 valence electrons. The van der Waals surface area contributed by atoms with Gasteiger partial charge in [0.05, 0.1) is 17.5 Å². The van der Waals surface area contributed by atoms with Crippen LogP contribution in [0, 0.1) is 5.82 Å². The number of rotatable bonds is 2. The monoisotopic (exact) mass is 242 g/mol. The molecule has 1 nitrogen and oxygen atoms in total. The standard InChI is InChI=1S/C9H7ClF4O/c10-4-7(15)8-5(9(12,13)14)2-1-3-6(8)11/h1-3,7,15H,4H2. The van der Waals surface area contributed by atoms with E-state index in [-0.39, 0.29) is 0 Å². The van der Waals surface area contributed by atoms with Crippen molar-refractivity contribution in [3.8, 4) is 0 Å². The summed E-state index contributed by atoms with van der Waals surface area (Å²) < 4.78 is 50.3. The van der Waals surface area contributed by atoms with Gasteiger partial charge in [0.15, 0.2) is 0 Å². The molecule has 0 bridgehead atoms. The molecule has 0 fully saturated rings. The lowest BCUT2D eigenvalue weighted by molar-refractivity contribution is -0.139. The quantitative estimate of drug-likeness (QED) is 0.624. The highest BCUT2D eigenvalue weighted by Gasteiger charge is 2.36. The third kappa shape index (κ3) is 2.60. The lowest BCUT2D eigenvalue weighted by atomic mass is 10.0. The van der Waals surface area contributed by atoms with Crippen LogP contribution in [0.15, 0.2) is 18.2 Å². The van der Waals surface area contributed by atoms with Gasteiger partial charge >= 0.3 is 6.18 Å². The summed E-state index contributed by atoms with van der Waals surface area (Å²) in [4.78, 5) is 0. The average molecular weight is 243 g/mol. The Bertz CT molecular complexity index is 350. The van der Waals surface area contributed by atoms with Crippen LogP contribution >= 0.6 is 11.6 Å². The number of benzene rings is 1. The van der Waals surface area contributed by atoms with E-state index < -0.39 is 35.1 Å². The minimum Gasteiger partial charge on any atom is -0.387 e. The number of hydrogen-bond donors (Lipinski definition) is 1. The Morgan fingerprint density at radius 3 is 2.40 bits per heavy atom. The number of alkyl halides is 4. The highest BCUT2D eigenvalue weighted by molar-refractivity contribution is 6.18. The molecule has 0 aliphatic carbocycles. The molecule has 0 saturated heterocycles. The van der Waals surface area contributed by atoms with E-state index in [1.54, 1.807) is 0 Å². The lowest BCUT2D eigenvalue weighted by Gasteiger charge is -2.16. The van der Waals surface area contributed by atoms with Gasteiger partial charge in [0, 0.05) is 5.56 Å². The van der Waals surface area contributed by atoms with E-state index in [1.807, 2.05) is 0 Å². The van der Waals surface area contributed by atoms with Crippen LogP contribution in [-0.2, 0) is 6.18 Å². The fourth-order valence-corrected chi connectivity index (χ4v) is 1.35. The van der Waals surface area contributed by atoms with Crippen molar-refractivity contribution in [2.45, 2.75) is 12.3 Å². The molecular weight excluding hydrogens is 236 g/mol. The first-order valence-electron chi connectivity index (χ1n) is 3.97. The second kappa shape index (κ2) is 4.37. The maximum atomic E-state index is 13.1. The number of hydrogen-bond acceptors (Lipinski definition) is 1. The smallest absolute Gasteiger partial charge is 0.387 e. The molecule has 6 heteroatoms. The summed E-state index contributed by atoms with van der Waals surface area (Å²) in [6.07, 6.45) is -6.37. The van der Waals surface area contributed by atoms with Crippen molar-refractivity contribution in [3.05, 3.63) is 35.1 Å². The van der Waals surface area contributed by atoms with Crippen LogP contribution in [0.25, 0.3) is 0 Å². The molecule has 1 N–H and O–H groups in total. The Morgan fingerprint density at radius 1 is 1.33 bits per heavy atom. The van der Waals surface area contributed by atoms with Crippen LogP contribution in [-0.4, -0.2) is 11.0 Å². The Morgan fingerprint density at radius 2 is 1.93 bits per heavy atom. The fraction of sp³-hybridized carbons (Fsp3) is 0.333. The summed E-state index contributed by atoms with van der Waals surface area (Å²) in [6.45, 7) is 0. The summed E-state index contributed by atoms with van der Waals surface area (Å²) >= 11 is 5.20. The minimum absolute atomic E-state index is 0.496. The Balaban J connectivity index is 3.33. The van der Waals surface area contributed by atoms with Crippen LogP contribution < -0.4 is 0 Å². The Labute approximate surface area is 88.3 Å². The van der Waals surface area contributed by atoms with E-state index in [1.165, 1.54) is 0 Å². The molecule has 1 unspecified atom stereocenters. The van der Waals surface area contributed by atoms with E-state index >= 15 is 0 Å². The number of aliphatic hydroxyl groups is 1. The lowest BCUT2D eigenvalue weighted by Crippen LogP contribution is -2.14. The highest BCUT2D eigenvalue weighted by Crippen LogP contribution is 2.36. The van der Waals surface area contributed by atoms with Crippen molar-refractivity contribution >= 4 is 11.6 Å². The SMILES string of the molecule is OC(CCl)c1c(F)cccc1C(F)(F)F. The molecule has 1 rings (SSSR count). The fourth-order valence-electron chi connectivity index (χ4n) is 1.20. The number of halogens is 5. The summed E-state index contributed by atoms with van der Waals surface area (Å²) in [7, 11) is 0. The molecule has 1 aromatic rings. The maximum Gasteiger partial charge on any atom is 0.416 e. The molecule has 0 radical (unpaired) electrons. The molecule has 15 heavy (non-hydrogen) atoms. The van der Waals surface area contributed by atoms with Gasteiger partial charge in [-0.25, -0.2) is 4.39 Å². The normalized spacial score (nSPS) is 14.0. The van der Waals surface area contributed by atoms with Gasteiger partial charge in [-0.15, -0.1) is 11.6 Å². The van der Waals surface area contributed by atoms with Crippen molar-refractivity contribution in [1.82, 2.24) is 0 Å². The van der Waals surface area contributed by atoms with Gasteiger partial charge in [-0.1, -0.05) is 6.07 Å². The molecular formula is C9H7ClF4O. The largest absolute Gasteiger partial charge is 0.416 e. The average Bonchev–Trinajstić information content (AvgIpc) is 2.15. The first kappa shape index (κ1) is 12.3. The molecule has 1 aromatic carbocycles. The van der Waals surface area contributed by atoms with Crippen molar-refractivity contribution < 1.29 is 22.7 Å². The second-order valence-corrected chi connectivity index (χ2v) is 3.18. The predicted octanol–water partition coefficient (Wildman–Crippen LogP) is 3.12. The molecule has 1 atom stereocenters. The summed E-state index contributed by atoms with van der Waals surface area (Å²) in [6, 6.07) is 2.48. The van der Waals surface area contributed by atoms with Crippen LogP contribution in [0.3, 0.4) is 0 Å². The second-order valence-electron chi connectivity index (χ2n) is 2.87. The van der Waals surface area contributed by atoms with Crippen LogP contribution in [0.1, 0.15) is 17.2 Å². The third-order valence-corrected chi connectivity index (χ3v) is 2.13. The Hall–Kier alpha value is -0.810. The minimum atomic E-state index is -4.70. The van der Waals surface area contributed by atoms with E-state index in [9.17, 15) is 22.7 Å². The number of aliphatic hydroxyl groups excluding tert-OH is 1. The topological polar surface area (TPSA) is 20.2 Å². The molecule has 0 spiro atoms. The first-order valence-corrected chi connectivity index (χ1v) is 4.51. The molecule has 0 heterocycles. The van der Waals surface area contributed by atoms with Gasteiger partial charge in [0.2, 0.25) is 0 Å². The van der Waals surface area contributed by atoms with E-state index in [4.69, 9.17) is 11.6 Å². The zero-order valence-electron chi connectivity index (χ0n) is 7.35. The van der Waals surface area contributed by atoms with Crippen molar-refractivity contribution in [2.75, 3.05) is 5.88 Å². The van der Waals surface area contributed by atoms with Gasteiger partial charge in [-0.2, -0.15) is 13.2 Å².